The summed E-state index contributed by atoms with van der Waals surface area (Å²) in [6, 6.07) is 2.29. The number of amides is 1. The lowest BCUT2D eigenvalue weighted by molar-refractivity contribution is -0.134. The molecule has 0 aromatic heterocycles. The van der Waals surface area contributed by atoms with Crippen LogP contribution in [0, 0.1) is 28.6 Å². The first kappa shape index (κ1) is 14.0. The van der Waals surface area contributed by atoms with Crippen LogP contribution in [0.5, 0.6) is 0 Å². The minimum Gasteiger partial charge on any atom is -0.343 e. The highest BCUT2D eigenvalue weighted by Gasteiger charge is 2.27. The number of nitriles is 1. The minimum absolute atomic E-state index is 0.152. The second-order valence-electron chi connectivity index (χ2n) is 6.26. The highest BCUT2D eigenvalue weighted by atomic mass is 16.2. The average Bonchev–Trinajstić information content (AvgIpc) is 2.27. The quantitative estimate of drug-likeness (QED) is 0.740. The zero-order valence-electron chi connectivity index (χ0n) is 11.5. The number of nitrogens with zero attached hydrogens (tertiary/aromatic N) is 2. The van der Waals surface area contributed by atoms with E-state index in [0.717, 1.165) is 25.9 Å². The summed E-state index contributed by atoms with van der Waals surface area (Å²) in [5.74, 6) is 0.798. The fourth-order valence-corrected chi connectivity index (χ4v) is 1.96. The Hall–Kier alpha value is -1.04. The Labute approximate surface area is 105 Å². The Kier molecular flexibility index (Phi) is 4.56. The minimum atomic E-state index is 0.152. The summed E-state index contributed by atoms with van der Waals surface area (Å²) in [5, 5.41) is 8.81. The average molecular weight is 236 g/mol. The van der Waals surface area contributed by atoms with Gasteiger partial charge in [0.2, 0.25) is 5.91 Å². The van der Waals surface area contributed by atoms with Crippen LogP contribution in [-0.4, -0.2) is 23.9 Å². The lowest BCUT2D eigenvalue weighted by Crippen LogP contribution is -2.39. The molecule has 0 bridgehead atoms. The summed E-state index contributed by atoms with van der Waals surface area (Å²) in [6.45, 7) is 10.2. The van der Waals surface area contributed by atoms with E-state index in [9.17, 15) is 4.79 Å². The maximum Gasteiger partial charge on any atom is 0.222 e. The Morgan fingerprint density at radius 2 is 1.94 bits per heavy atom. The first-order chi connectivity index (χ1) is 7.84. The topological polar surface area (TPSA) is 44.1 Å². The molecule has 0 N–H and O–H groups in total. The van der Waals surface area contributed by atoms with Crippen LogP contribution in [-0.2, 0) is 4.79 Å². The lowest BCUT2D eigenvalue weighted by Gasteiger charge is -2.32. The van der Waals surface area contributed by atoms with Crippen LogP contribution in [0.25, 0.3) is 0 Å². The van der Waals surface area contributed by atoms with Gasteiger partial charge in [-0.1, -0.05) is 27.7 Å². The van der Waals surface area contributed by atoms with E-state index in [2.05, 4.69) is 33.8 Å². The maximum atomic E-state index is 12.1. The van der Waals surface area contributed by atoms with Gasteiger partial charge in [-0.05, 0) is 24.2 Å². The van der Waals surface area contributed by atoms with Gasteiger partial charge in [-0.15, -0.1) is 0 Å². The third-order valence-electron chi connectivity index (χ3n) is 3.99. The van der Waals surface area contributed by atoms with Crippen LogP contribution >= 0.6 is 0 Å². The monoisotopic (exact) mass is 236 g/mol. The van der Waals surface area contributed by atoms with Gasteiger partial charge in [-0.25, -0.2) is 0 Å². The van der Waals surface area contributed by atoms with E-state index < -0.39 is 0 Å². The molecular formula is C14H24N2O. The van der Waals surface area contributed by atoms with Crippen molar-refractivity contribution in [2.75, 3.05) is 13.1 Å². The molecule has 0 aliphatic carbocycles. The molecule has 3 heteroatoms. The standard InChI is InChI=1S/C14H24N2O/c1-11(14(2,3)4)9-13(17)16-7-5-12(10-15)6-8-16/h11-12H,5-9H2,1-4H3. The third-order valence-corrected chi connectivity index (χ3v) is 3.99. The van der Waals surface area contributed by atoms with Gasteiger partial charge >= 0.3 is 0 Å². The fourth-order valence-electron chi connectivity index (χ4n) is 1.96. The van der Waals surface area contributed by atoms with E-state index in [1.165, 1.54) is 0 Å². The molecule has 0 aromatic carbocycles. The molecule has 1 unspecified atom stereocenters. The van der Waals surface area contributed by atoms with Crippen molar-refractivity contribution < 1.29 is 4.79 Å². The van der Waals surface area contributed by atoms with Gasteiger partial charge in [0, 0.05) is 25.4 Å². The van der Waals surface area contributed by atoms with Gasteiger partial charge in [0.25, 0.3) is 0 Å². The smallest absolute Gasteiger partial charge is 0.222 e. The number of likely N-dealkylation sites (tertiary alicyclic amines) is 1. The predicted molar refractivity (Wildman–Crippen MR) is 68.2 cm³/mol. The Balaban J connectivity index is 2.43. The number of carbonyl (C=O) groups excluding carboxylic acids is 1. The molecule has 17 heavy (non-hydrogen) atoms. The molecule has 1 amide bonds. The van der Waals surface area contributed by atoms with Crippen molar-refractivity contribution in [3.63, 3.8) is 0 Å². The van der Waals surface area contributed by atoms with Gasteiger partial charge in [-0.2, -0.15) is 5.26 Å². The second kappa shape index (κ2) is 5.53. The normalized spacial score (nSPS) is 19.8. The van der Waals surface area contributed by atoms with Crippen molar-refractivity contribution in [3.8, 4) is 6.07 Å². The van der Waals surface area contributed by atoms with Gasteiger partial charge in [0.1, 0.15) is 0 Å². The summed E-state index contributed by atoms with van der Waals surface area (Å²) in [7, 11) is 0. The molecule has 1 saturated heterocycles. The van der Waals surface area contributed by atoms with Crippen molar-refractivity contribution in [2.24, 2.45) is 17.3 Å². The Bertz CT molecular complexity index is 303. The largest absolute Gasteiger partial charge is 0.343 e. The maximum absolute atomic E-state index is 12.1. The molecule has 1 fully saturated rings. The zero-order chi connectivity index (χ0) is 13.1. The van der Waals surface area contributed by atoms with E-state index >= 15 is 0 Å². The van der Waals surface area contributed by atoms with Crippen molar-refractivity contribution in [1.29, 1.82) is 5.26 Å². The molecule has 0 saturated carbocycles. The van der Waals surface area contributed by atoms with Crippen LogP contribution in [0.3, 0.4) is 0 Å². The molecule has 1 rings (SSSR count). The van der Waals surface area contributed by atoms with Crippen molar-refractivity contribution in [2.45, 2.75) is 47.0 Å². The molecule has 0 radical (unpaired) electrons. The van der Waals surface area contributed by atoms with Crippen molar-refractivity contribution in [3.05, 3.63) is 0 Å². The molecule has 96 valence electrons. The van der Waals surface area contributed by atoms with Crippen molar-refractivity contribution >= 4 is 5.91 Å². The van der Waals surface area contributed by atoms with E-state index in [1.807, 2.05) is 4.90 Å². The van der Waals surface area contributed by atoms with Crippen LogP contribution < -0.4 is 0 Å². The number of piperidine rings is 1. The van der Waals surface area contributed by atoms with Crippen LogP contribution in [0.2, 0.25) is 0 Å². The van der Waals surface area contributed by atoms with Crippen LogP contribution in [0.15, 0.2) is 0 Å². The first-order valence-corrected chi connectivity index (χ1v) is 6.52. The van der Waals surface area contributed by atoms with Gasteiger partial charge in [-0.3, -0.25) is 4.79 Å². The summed E-state index contributed by atoms with van der Waals surface area (Å²) < 4.78 is 0. The third kappa shape index (κ3) is 4.03. The number of hydrogen-bond acceptors (Lipinski definition) is 2. The van der Waals surface area contributed by atoms with E-state index in [0.29, 0.717) is 12.3 Å². The molecule has 0 aromatic rings. The number of rotatable bonds is 2. The molecule has 1 atom stereocenters. The number of hydrogen-bond donors (Lipinski definition) is 0. The summed E-state index contributed by atoms with van der Waals surface area (Å²) >= 11 is 0. The molecule has 3 nitrogen and oxygen atoms in total. The molecule has 1 heterocycles. The van der Waals surface area contributed by atoms with E-state index in [4.69, 9.17) is 5.26 Å². The summed E-state index contributed by atoms with van der Waals surface area (Å²) in [5.41, 5.74) is 0.181. The zero-order valence-corrected chi connectivity index (χ0v) is 11.5. The number of carbonyl (C=O) groups is 1. The van der Waals surface area contributed by atoms with Crippen molar-refractivity contribution in [1.82, 2.24) is 4.90 Å². The Morgan fingerprint density at radius 3 is 2.35 bits per heavy atom. The van der Waals surface area contributed by atoms with E-state index in [1.54, 1.807) is 0 Å². The Morgan fingerprint density at radius 1 is 1.41 bits per heavy atom. The summed E-state index contributed by atoms with van der Waals surface area (Å²) in [6.07, 6.45) is 2.30. The molecule has 1 aliphatic heterocycles. The lowest BCUT2D eigenvalue weighted by atomic mass is 9.80. The second-order valence-corrected chi connectivity index (χ2v) is 6.26. The molecular weight excluding hydrogens is 212 g/mol. The SMILES string of the molecule is CC(CC(=O)N1CCC(C#N)CC1)C(C)(C)C. The van der Waals surface area contributed by atoms with Crippen LogP contribution in [0.4, 0.5) is 0 Å². The van der Waals surface area contributed by atoms with Crippen LogP contribution in [0.1, 0.15) is 47.0 Å². The predicted octanol–water partition coefficient (Wildman–Crippen LogP) is 2.82. The highest BCUT2D eigenvalue weighted by molar-refractivity contribution is 5.76. The first-order valence-electron chi connectivity index (χ1n) is 6.52. The van der Waals surface area contributed by atoms with Gasteiger partial charge < -0.3 is 4.90 Å². The highest BCUT2D eigenvalue weighted by Crippen LogP contribution is 2.29. The van der Waals surface area contributed by atoms with Gasteiger partial charge in [0.05, 0.1) is 6.07 Å². The molecule has 0 spiro atoms. The fraction of sp³-hybridized carbons (Fsp3) is 0.857. The molecule has 1 aliphatic rings. The summed E-state index contributed by atoms with van der Waals surface area (Å²) in [4.78, 5) is 14.0. The van der Waals surface area contributed by atoms with E-state index in [-0.39, 0.29) is 17.2 Å². The van der Waals surface area contributed by atoms with Gasteiger partial charge in [0.15, 0.2) is 0 Å².